The van der Waals surface area contributed by atoms with Crippen molar-refractivity contribution in [3.63, 3.8) is 0 Å². The van der Waals surface area contributed by atoms with Gasteiger partial charge in [0.05, 0.1) is 25.4 Å². The van der Waals surface area contributed by atoms with E-state index >= 15 is 0 Å². The number of carboxylic acids is 2. The van der Waals surface area contributed by atoms with Crippen LogP contribution < -0.4 is 98.2 Å². The largest absolute Gasteiger partial charge is 0.481 e. The molecule has 98 heavy (non-hydrogen) atoms. The van der Waals surface area contributed by atoms with Crippen molar-refractivity contribution in [3.8, 4) is 0 Å². The summed E-state index contributed by atoms with van der Waals surface area (Å²) in [7, 11) is 0. The third-order valence-electron chi connectivity index (χ3n) is 14.1. The third-order valence-corrected chi connectivity index (χ3v) is 15.1. The Morgan fingerprint density at radius 3 is 1.13 bits per heavy atom. The average Bonchev–Trinajstić information content (AvgIpc) is 0.868. The summed E-state index contributed by atoms with van der Waals surface area (Å²) < 4.78 is 0. The van der Waals surface area contributed by atoms with E-state index < -0.39 is 273 Å². The maximum absolute atomic E-state index is 14.3. The van der Waals surface area contributed by atoms with E-state index in [-0.39, 0.29) is 38.2 Å². The second kappa shape index (κ2) is 43.9. The number of carbonyl (C=O) groups excluding carboxylic acids is 16. The van der Waals surface area contributed by atoms with Crippen LogP contribution in [-0.2, 0) is 86.3 Å². The van der Waals surface area contributed by atoms with Crippen molar-refractivity contribution in [2.24, 2.45) is 51.2 Å². The van der Waals surface area contributed by atoms with Gasteiger partial charge in [-0.25, -0.2) is 0 Å². The molecule has 0 spiro atoms. The van der Waals surface area contributed by atoms with E-state index in [2.05, 4.69) is 63.5 Å². The molecule has 0 aromatic rings. The van der Waals surface area contributed by atoms with Crippen molar-refractivity contribution in [1.29, 1.82) is 0 Å². The molecule has 0 radical (unpaired) electrons. The lowest BCUT2D eigenvalue weighted by Gasteiger charge is -2.28. The summed E-state index contributed by atoms with van der Waals surface area (Å²) in [5, 5.41) is 67.0. The minimum Gasteiger partial charge on any atom is -0.481 e. The van der Waals surface area contributed by atoms with Crippen molar-refractivity contribution in [2.75, 3.05) is 31.3 Å². The number of hydrogen-bond donors (Lipinski definition) is 22. The monoisotopic (exact) mass is 1420 g/mol. The van der Waals surface area contributed by atoms with Crippen molar-refractivity contribution < 1.29 is 107 Å². The molecule has 0 aromatic heterocycles. The summed E-state index contributed by atoms with van der Waals surface area (Å²) in [4.78, 5) is 244. The van der Waals surface area contributed by atoms with E-state index in [1.807, 2.05) is 5.32 Å². The lowest BCUT2D eigenvalue weighted by Crippen LogP contribution is -2.61. The van der Waals surface area contributed by atoms with Crippen LogP contribution in [0.25, 0.3) is 0 Å². The maximum Gasteiger partial charge on any atom is 0.303 e. The average molecular weight is 1420 g/mol. The van der Waals surface area contributed by atoms with Gasteiger partial charge in [0.1, 0.15) is 72.5 Å². The summed E-state index contributed by atoms with van der Waals surface area (Å²) in [5.74, 6) is -24.2. The van der Waals surface area contributed by atoms with Crippen molar-refractivity contribution in [1.82, 2.24) is 63.8 Å². The van der Waals surface area contributed by atoms with Gasteiger partial charge in [-0.05, 0) is 70.1 Å². The predicted octanol–water partition coefficient (Wildman–Crippen LogP) is -10.7. The molecular weight excluding hydrogens is 1320 g/mol. The Bertz CT molecular complexity index is 2920. The third kappa shape index (κ3) is 34.1. The lowest BCUT2D eigenvalue weighted by atomic mass is 10.0. The van der Waals surface area contributed by atoms with Crippen molar-refractivity contribution in [2.45, 2.75) is 191 Å². The quantitative estimate of drug-likeness (QED) is 0.0229. The van der Waals surface area contributed by atoms with Gasteiger partial charge >= 0.3 is 11.9 Å². The Balaban J connectivity index is 4.19. The van der Waals surface area contributed by atoms with E-state index in [1.165, 1.54) is 0 Å². The number of aliphatic imine (C=N–C) groups is 1. The zero-order valence-electron chi connectivity index (χ0n) is 54.8. The number of amides is 16. The molecular formula is C56H93N19O22S. The highest BCUT2D eigenvalue weighted by molar-refractivity contribution is 8.00. The molecule has 16 amide bonds. The SMILES string of the molecule is CC(C)C[C@@H]1NC(=O)[C@H](C)NC(=O)[C@H](CCCN=C(N)N)NC(=O)[C@H](CCC(=O)O)NC(=O)[C@H](CC(C)C)NC(=O)[C@H](CCC(N)=O)NC(=O)[C@H](CCC(=O)O)NC(=O)[C@H](CCC(N)=O)NC(=O)CSC[C@@H](C(N)=O)NC(=O)[C@H](CO)NC(=O)[C@H](CO)NC(=O)[C@H](CC(N)=O)NC1=O. The van der Waals surface area contributed by atoms with Gasteiger partial charge in [-0.2, -0.15) is 0 Å². The Morgan fingerprint density at radius 2 is 0.755 bits per heavy atom. The topological polar surface area (TPSA) is 701 Å². The normalized spacial score (nSPS) is 24.9. The first-order valence-electron chi connectivity index (χ1n) is 30.8. The smallest absolute Gasteiger partial charge is 0.303 e. The number of nitrogens with two attached hydrogens (primary N) is 6. The highest BCUT2D eigenvalue weighted by atomic mass is 32.2. The van der Waals surface area contributed by atoms with Crippen LogP contribution in [0.5, 0.6) is 0 Å². The van der Waals surface area contributed by atoms with Gasteiger partial charge in [-0.15, -0.1) is 11.8 Å². The first-order valence-corrected chi connectivity index (χ1v) is 32.0. The molecule has 12 atom stereocenters. The number of nitrogens with one attached hydrogen (secondary N) is 12. The number of hydrogen-bond acceptors (Lipinski definition) is 22. The first kappa shape index (κ1) is 86.0. The van der Waals surface area contributed by atoms with Crippen LogP contribution in [0.3, 0.4) is 0 Å². The Labute approximate surface area is 566 Å². The van der Waals surface area contributed by atoms with Crippen LogP contribution in [0.4, 0.5) is 0 Å². The maximum atomic E-state index is 14.3. The molecule has 1 aliphatic rings. The van der Waals surface area contributed by atoms with Gasteiger partial charge in [-0.3, -0.25) is 91.3 Å². The zero-order chi connectivity index (χ0) is 74.7. The number of guanidine groups is 1. The molecule has 0 aliphatic carbocycles. The van der Waals surface area contributed by atoms with E-state index in [9.17, 15) is 107 Å². The van der Waals surface area contributed by atoms with Crippen LogP contribution in [0, 0.1) is 11.8 Å². The van der Waals surface area contributed by atoms with Crippen molar-refractivity contribution >= 4 is 124 Å². The first-order chi connectivity index (χ1) is 45.8. The van der Waals surface area contributed by atoms with E-state index in [0.29, 0.717) is 11.8 Å². The van der Waals surface area contributed by atoms with E-state index in [0.717, 1.165) is 6.92 Å². The van der Waals surface area contributed by atoms with Gasteiger partial charge in [0.25, 0.3) is 0 Å². The summed E-state index contributed by atoms with van der Waals surface area (Å²) in [6, 6.07) is -21.4. The summed E-state index contributed by atoms with van der Waals surface area (Å²) in [5.41, 5.74) is 32.6. The Hall–Kier alpha value is -10.0. The molecule has 1 rings (SSSR count). The number of carbonyl (C=O) groups is 18. The molecule has 0 saturated carbocycles. The van der Waals surface area contributed by atoms with Gasteiger partial charge in [0.2, 0.25) is 94.5 Å². The number of rotatable bonds is 25. The molecule has 0 bridgehead atoms. The predicted molar refractivity (Wildman–Crippen MR) is 343 cm³/mol. The lowest BCUT2D eigenvalue weighted by molar-refractivity contribution is -0.139. The number of primary amides is 4. The highest BCUT2D eigenvalue weighted by Gasteiger charge is 2.38. The van der Waals surface area contributed by atoms with E-state index in [1.54, 1.807) is 27.7 Å². The minimum absolute atomic E-state index is 0.0554. The van der Waals surface area contributed by atoms with Crippen LogP contribution in [0.15, 0.2) is 4.99 Å². The number of aliphatic carboxylic acids is 2. The summed E-state index contributed by atoms with van der Waals surface area (Å²) in [6.07, 6.45) is -7.12. The zero-order valence-corrected chi connectivity index (χ0v) is 55.6. The fourth-order valence-electron chi connectivity index (χ4n) is 8.99. The van der Waals surface area contributed by atoms with Crippen molar-refractivity contribution in [3.05, 3.63) is 0 Å². The standard InChI is InChI=1S/C56H93N19O22S/c1-24(2)17-32-52(94)72-34(19-40(59)80)53(95)73-35(20-76)54(96)74-36(21-77)55(97)75-37(44(60)86)22-98-23-41(81)65-28(8-12-38(57)78)47(89)68-30(10-14-42(82)83)49(91)67-29(9-13-39(58)79)50(92)71-33(18-25(3)4)51(93)69-31(11-15-43(84)85)48(90)66-27(7-6-16-63-56(61)62)46(88)64-26(5)45(87)70-32/h24-37,76-77H,6-23H2,1-5H3,(H2,57,78)(H2,58,79)(H2,59,80)(H2,60,86)(H,64,88)(H,65,81)(H,66,90)(H,67,91)(H,68,89)(H,69,93)(H,70,87)(H,71,92)(H,72,94)(H,73,95)(H,74,96)(H,75,97)(H,82,83)(H,84,85)(H4,61,62,63)/t26-,27-,28-,29-,30-,31-,32-,33-,34-,35-,36-,37-/m0/s1. The second-order valence-electron chi connectivity index (χ2n) is 23.5. The number of nitrogens with zero attached hydrogens (tertiary/aromatic N) is 1. The molecule has 0 unspecified atom stereocenters. The number of thioether (sulfide) groups is 1. The molecule has 0 aromatic carbocycles. The van der Waals surface area contributed by atoms with Gasteiger partial charge in [0.15, 0.2) is 5.96 Å². The fraction of sp³-hybridized carbons (Fsp3) is 0.661. The molecule has 28 N–H and O–H groups in total. The molecule has 1 heterocycles. The number of carboxylic acid groups (broad SMARTS) is 2. The van der Waals surface area contributed by atoms with E-state index in [4.69, 9.17) is 34.4 Å². The Morgan fingerprint density at radius 1 is 0.429 bits per heavy atom. The molecule has 550 valence electrons. The Kier molecular flexibility index (Phi) is 38.6. The molecule has 1 saturated heterocycles. The van der Waals surface area contributed by atoms with Gasteiger partial charge in [-0.1, -0.05) is 27.7 Å². The van der Waals surface area contributed by atoms with Crippen LogP contribution >= 0.6 is 11.8 Å². The second-order valence-corrected chi connectivity index (χ2v) is 24.5. The molecule has 1 fully saturated rings. The van der Waals surface area contributed by atoms with Crippen LogP contribution in [0.1, 0.15) is 118 Å². The summed E-state index contributed by atoms with van der Waals surface area (Å²) in [6.45, 7) is 5.03. The molecule has 41 nitrogen and oxygen atoms in total. The van der Waals surface area contributed by atoms with Gasteiger partial charge in [0, 0.05) is 38.0 Å². The highest BCUT2D eigenvalue weighted by Crippen LogP contribution is 2.14. The minimum atomic E-state index is -2.02. The summed E-state index contributed by atoms with van der Waals surface area (Å²) >= 11 is 0.602. The van der Waals surface area contributed by atoms with Gasteiger partial charge < -0.3 is 119 Å². The van der Waals surface area contributed by atoms with Crippen LogP contribution in [0.2, 0.25) is 0 Å². The number of aliphatic hydroxyl groups excluding tert-OH is 2. The molecule has 1 aliphatic heterocycles. The molecule has 42 heteroatoms. The fourth-order valence-corrected chi connectivity index (χ4v) is 9.86. The van der Waals surface area contributed by atoms with Crippen LogP contribution in [-0.4, -0.2) is 237 Å². The number of aliphatic hydroxyl groups is 2.